The number of para-hydroxylation sites is 1. The summed E-state index contributed by atoms with van der Waals surface area (Å²) in [5.41, 5.74) is 6.32. The highest BCUT2D eigenvalue weighted by molar-refractivity contribution is 5.91. The molecule has 1 heterocycles. The molecular formula is C24H17N. The van der Waals surface area contributed by atoms with Crippen molar-refractivity contribution in [1.82, 2.24) is 0 Å². The average molecular weight is 319 g/mol. The normalized spacial score (nSPS) is 17.9. The van der Waals surface area contributed by atoms with Gasteiger partial charge >= 0.3 is 0 Å². The van der Waals surface area contributed by atoms with E-state index in [9.17, 15) is 0 Å². The Morgan fingerprint density at radius 2 is 1.32 bits per heavy atom. The Kier molecular flexibility index (Phi) is 3.24. The molecule has 0 fully saturated rings. The van der Waals surface area contributed by atoms with Crippen LogP contribution in [0.4, 0.5) is 0 Å². The summed E-state index contributed by atoms with van der Waals surface area (Å²) in [7, 11) is 0. The zero-order valence-corrected chi connectivity index (χ0v) is 13.8. The van der Waals surface area contributed by atoms with Gasteiger partial charge < -0.3 is 0 Å². The Hall–Kier alpha value is -3.19. The lowest BCUT2D eigenvalue weighted by Crippen LogP contribution is -2.24. The number of benzene rings is 3. The highest BCUT2D eigenvalue weighted by atomic mass is 14.8. The summed E-state index contributed by atoms with van der Waals surface area (Å²) in [5, 5.41) is 2.33. The molecule has 0 N–H and O–H groups in total. The van der Waals surface area contributed by atoms with E-state index in [2.05, 4.69) is 97.1 Å². The van der Waals surface area contributed by atoms with Crippen molar-refractivity contribution in [3.05, 3.63) is 124 Å². The van der Waals surface area contributed by atoms with Crippen LogP contribution in [0.25, 0.3) is 11.1 Å². The van der Waals surface area contributed by atoms with E-state index in [1.54, 1.807) is 0 Å². The topological polar surface area (TPSA) is 12.4 Å². The van der Waals surface area contributed by atoms with Crippen LogP contribution in [0.1, 0.15) is 17.0 Å². The SMILES string of the molecule is C1=C2N=c3ccccc3=C2C(c2ccccc2)C(c2ccccc2)=C1. The van der Waals surface area contributed by atoms with Crippen LogP contribution in [-0.2, 0) is 0 Å². The van der Waals surface area contributed by atoms with Gasteiger partial charge in [-0.3, -0.25) is 0 Å². The van der Waals surface area contributed by atoms with Crippen LogP contribution in [0, 0.1) is 0 Å². The number of rotatable bonds is 2. The van der Waals surface area contributed by atoms with Gasteiger partial charge in [0.2, 0.25) is 0 Å². The van der Waals surface area contributed by atoms with Crippen LogP contribution in [-0.4, -0.2) is 0 Å². The second-order valence-corrected chi connectivity index (χ2v) is 6.43. The molecule has 1 atom stereocenters. The number of hydrogen-bond acceptors (Lipinski definition) is 1. The van der Waals surface area contributed by atoms with E-state index in [0.717, 1.165) is 11.1 Å². The van der Waals surface area contributed by atoms with Crippen molar-refractivity contribution in [3.63, 3.8) is 0 Å². The van der Waals surface area contributed by atoms with E-state index >= 15 is 0 Å². The van der Waals surface area contributed by atoms with Crippen molar-refractivity contribution in [3.8, 4) is 0 Å². The fraction of sp³-hybridized carbons (Fsp3) is 0.0417. The van der Waals surface area contributed by atoms with Crippen LogP contribution in [0.15, 0.2) is 108 Å². The van der Waals surface area contributed by atoms with Crippen molar-refractivity contribution in [2.75, 3.05) is 0 Å². The fourth-order valence-corrected chi connectivity index (χ4v) is 3.86. The van der Waals surface area contributed by atoms with E-state index in [1.807, 2.05) is 0 Å². The van der Waals surface area contributed by atoms with E-state index in [1.165, 1.54) is 27.5 Å². The smallest absolute Gasteiger partial charge is 0.0713 e. The van der Waals surface area contributed by atoms with Crippen LogP contribution in [0.2, 0.25) is 0 Å². The maximum absolute atomic E-state index is 4.86. The molecule has 0 radical (unpaired) electrons. The second-order valence-electron chi connectivity index (χ2n) is 6.43. The molecule has 5 rings (SSSR count). The molecule has 118 valence electrons. The molecule has 0 bridgehead atoms. The third-order valence-corrected chi connectivity index (χ3v) is 4.97. The maximum Gasteiger partial charge on any atom is 0.0713 e. The van der Waals surface area contributed by atoms with Crippen molar-refractivity contribution in [2.24, 2.45) is 4.99 Å². The molecule has 1 heteroatoms. The minimum Gasteiger partial charge on any atom is -0.248 e. The highest BCUT2D eigenvalue weighted by Gasteiger charge is 2.29. The zero-order valence-electron chi connectivity index (χ0n) is 13.8. The third-order valence-electron chi connectivity index (χ3n) is 4.97. The van der Waals surface area contributed by atoms with Gasteiger partial charge in [0.15, 0.2) is 0 Å². The Balaban J connectivity index is 1.81. The molecule has 0 spiro atoms. The highest BCUT2D eigenvalue weighted by Crippen LogP contribution is 2.44. The maximum atomic E-state index is 4.86. The molecule has 2 aliphatic rings. The average Bonchev–Trinajstić information content (AvgIpc) is 3.07. The third kappa shape index (κ3) is 2.28. The summed E-state index contributed by atoms with van der Waals surface area (Å²) < 4.78 is 0. The second kappa shape index (κ2) is 5.71. The fourth-order valence-electron chi connectivity index (χ4n) is 3.86. The summed E-state index contributed by atoms with van der Waals surface area (Å²) in [6, 6.07) is 29.9. The Morgan fingerprint density at radius 1 is 0.640 bits per heavy atom. The first-order valence-electron chi connectivity index (χ1n) is 8.62. The molecule has 1 aliphatic carbocycles. The summed E-state index contributed by atoms with van der Waals surface area (Å²) in [4.78, 5) is 4.86. The standard InChI is InChI=1S/C24H17N/c1-3-9-17(10-4-1)19-15-16-22-24(20-13-7-8-14-21(20)25-22)23(19)18-11-5-2-6-12-18/h1-16,23H. The lowest BCUT2D eigenvalue weighted by molar-refractivity contribution is 1.09. The summed E-state index contributed by atoms with van der Waals surface area (Å²) in [6.45, 7) is 0. The largest absolute Gasteiger partial charge is 0.248 e. The zero-order chi connectivity index (χ0) is 16.6. The molecule has 3 aromatic carbocycles. The van der Waals surface area contributed by atoms with Gasteiger partial charge in [0, 0.05) is 11.1 Å². The van der Waals surface area contributed by atoms with Crippen molar-refractivity contribution in [1.29, 1.82) is 0 Å². The van der Waals surface area contributed by atoms with Crippen molar-refractivity contribution in [2.45, 2.75) is 5.92 Å². The van der Waals surface area contributed by atoms with Gasteiger partial charge in [-0.05, 0) is 34.4 Å². The monoisotopic (exact) mass is 319 g/mol. The van der Waals surface area contributed by atoms with E-state index in [0.29, 0.717) is 0 Å². The lowest BCUT2D eigenvalue weighted by Gasteiger charge is -2.26. The molecule has 1 aliphatic heterocycles. The quantitative estimate of drug-likeness (QED) is 0.670. The van der Waals surface area contributed by atoms with Crippen molar-refractivity contribution < 1.29 is 0 Å². The first-order chi connectivity index (χ1) is 12.4. The predicted molar refractivity (Wildman–Crippen MR) is 102 cm³/mol. The van der Waals surface area contributed by atoms with E-state index in [-0.39, 0.29) is 5.92 Å². The Bertz CT molecular complexity index is 1120. The number of fused-ring (bicyclic) bond motifs is 2. The van der Waals surface area contributed by atoms with E-state index < -0.39 is 0 Å². The van der Waals surface area contributed by atoms with Crippen LogP contribution >= 0.6 is 0 Å². The molecule has 1 nitrogen and oxygen atoms in total. The lowest BCUT2D eigenvalue weighted by atomic mass is 9.77. The molecule has 25 heavy (non-hydrogen) atoms. The van der Waals surface area contributed by atoms with E-state index in [4.69, 9.17) is 4.99 Å². The number of hydrogen-bond donors (Lipinski definition) is 0. The van der Waals surface area contributed by atoms with Crippen molar-refractivity contribution >= 4 is 11.1 Å². The number of nitrogens with zero attached hydrogens (tertiary/aromatic N) is 1. The molecule has 3 aromatic rings. The first kappa shape index (κ1) is 14.2. The van der Waals surface area contributed by atoms with Gasteiger partial charge in [-0.2, -0.15) is 0 Å². The Morgan fingerprint density at radius 3 is 2.12 bits per heavy atom. The molecule has 0 aromatic heterocycles. The summed E-state index contributed by atoms with van der Waals surface area (Å²) in [6.07, 6.45) is 4.40. The van der Waals surface area contributed by atoms with Gasteiger partial charge in [-0.1, -0.05) is 84.9 Å². The summed E-state index contributed by atoms with van der Waals surface area (Å²) >= 11 is 0. The van der Waals surface area contributed by atoms with Crippen LogP contribution in [0.5, 0.6) is 0 Å². The predicted octanol–water partition coefficient (Wildman–Crippen LogP) is 4.24. The van der Waals surface area contributed by atoms with Gasteiger partial charge in [0.05, 0.1) is 11.1 Å². The molecule has 0 saturated heterocycles. The van der Waals surface area contributed by atoms with Gasteiger partial charge in [-0.25, -0.2) is 4.99 Å². The minimum absolute atomic E-state index is 0.205. The molecule has 0 saturated carbocycles. The first-order valence-corrected chi connectivity index (χ1v) is 8.62. The van der Waals surface area contributed by atoms with Gasteiger partial charge in [-0.15, -0.1) is 0 Å². The molecular weight excluding hydrogens is 302 g/mol. The summed E-state index contributed by atoms with van der Waals surface area (Å²) in [5.74, 6) is 0.205. The van der Waals surface area contributed by atoms with Gasteiger partial charge in [0.1, 0.15) is 0 Å². The van der Waals surface area contributed by atoms with Gasteiger partial charge in [0.25, 0.3) is 0 Å². The minimum atomic E-state index is 0.205. The molecule has 0 amide bonds. The Labute approximate surface area is 147 Å². The molecule has 1 unspecified atom stereocenters. The van der Waals surface area contributed by atoms with Crippen LogP contribution in [0.3, 0.4) is 0 Å². The van der Waals surface area contributed by atoms with Crippen LogP contribution < -0.4 is 10.6 Å². The number of allylic oxidation sites excluding steroid dienone is 4.